The molecule has 0 aliphatic rings. The number of rotatable bonds is 5. The van der Waals surface area contributed by atoms with E-state index in [1.54, 1.807) is 0 Å². The zero-order valence-corrected chi connectivity index (χ0v) is 15.6. The Hall–Kier alpha value is -2.62. The van der Waals surface area contributed by atoms with Gasteiger partial charge in [0.2, 0.25) is 11.8 Å². The number of nitrogens with zero attached hydrogens (tertiary/aromatic N) is 1. The third-order valence-electron chi connectivity index (χ3n) is 4.20. The van der Waals surface area contributed by atoms with Gasteiger partial charge in [-0.1, -0.05) is 31.2 Å². The van der Waals surface area contributed by atoms with Crippen molar-refractivity contribution < 1.29 is 9.59 Å². The number of aryl methyl sites for hydroxylation is 4. The second-order valence-electron chi connectivity index (χ2n) is 6.46. The third kappa shape index (κ3) is 4.69. The molecule has 0 spiro atoms. The molecule has 0 heterocycles. The smallest absolute Gasteiger partial charge is 0.244 e. The van der Waals surface area contributed by atoms with Gasteiger partial charge in [0.15, 0.2) is 0 Å². The Kier molecular flexibility index (Phi) is 5.97. The van der Waals surface area contributed by atoms with Crippen molar-refractivity contribution in [2.75, 3.05) is 16.8 Å². The van der Waals surface area contributed by atoms with Gasteiger partial charge in [-0.15, -0.1) is 0 Å². The predicted octanol–water partition coefficient (Wildman–Crippen LogP) is 4.17. The zero-order chi connectivity index (χ0) is 18.6. The van der Waals surface area contributed by atoms with Crippen LogP contribution in [0.3, 0.4) is 0 Å². The van der Waals surface area contributed by atoms with Crippen molar-refractivity contribution in [3.8, 4) is 0 Å². The van der Waals surface area contributed by atoms with Crippen molar-refractivity contribution in [2.45, 2.75) is 41.0 Å². The monoisotopic (exact) mass is 338 g/mol. The molecule has 4 heteroatoms. The molecule has 1 N–H and O–H groups in total. The first-order chi connectivity index (χ1) is 11.8. The molecule has 0 fully saturated rings. The number of hydrogen-bond acceptors (Lipinski definition) is 2. The minimum atomic E-state index is -0.196. The molecule has 0 aliphatic carbocycles. The lowest BCUT2D eigenvalue weighted by molar-refractivity contribution is -0.120. The molecular weight excluding hydrogens is 312 g/mol. The predicted molar refractivity (Wildman–Crippen MR) is 103 cm³/mol. The van der Waals surface area contributed by atoms with Gasteiger partial charge >= 0.3 is 0 Å². The summed E-state index contributed by atoms with van der Waals surface area (Å²) in [6.07, 6.45) is 0.838. The third-order valence-corrected chi connectivity index (χ3v) is 4.20. The van der Waals surface area contributed by atoms with Crippen LogP contribution in [-0.2, 0) is 16.0 Å². The Balaban J connectivity index is 2.23. The van der Waals surface area contributed by atoms with E-state index in [4.69, 9.17) is 0 Å². The van der Waals surface area contributed by atoms with Crippen molar-refractivity contribution in [3.05, 3.63) is 58.7 Å². The fourth-order valence-corrected chi connectivity index (χ4v) is 3.02. The summed E-state index contributed by atoms with van der Waals surface area (Å²) in [7, 11) is 0. The van der Waals surface area contributed by atoms with Crippen molar-refractivity contribution in [1.82, 2.24) is 0 Å². The van der Waals surface area contributed by atoms with Crippen LogP contribution in [0.4, 0.5) is 11.4 Å². The summed E-state index contributed by atoms with van der Waals surface area (Å²) in [5.74, 6) is -0.348. The van der Waals surface area contributed by atoms with Crippen molar-refractivity contribution in [2.24, 2.45) is 0 Å². The standard InChI is InChI=1S/C21H26N2O2/c1-6-18-9-7-8-16(4)21(18)22-20(25)13-23(17(5)24)19-11-14(2)10-15(3)12-19/h7-12H,6,13H2,1-5H3,(H,22,25). The number of carbonyl (C=O) groups excluding carboxylic acids is 2. The summed E-state index contributed by atoms with van der Waals surface area (Å²) in [5.41, 5.74) is 5.84. The average Bonchev–Trinajstić information content (AvgIpc) is 2.53. The minimum absolute atomic E-state index is 0.00425. The molecule has 0 aliphatic heterocycles. The second kappa shape index (κ2) is 7.97. The summed E-state index contributed by atoms with van der Waals surface area (Å²) in [6.45, 7) is 9.47. The molecule has 25 heavy (non-hydrogen) atoms. The maximum atomic E-state index is 12.6. The Morgan fingerprint density at radius 3 is 2.24 bits per heavy atom. The molecule has 132 valence electrons. The van der Waals surface area contributed by atoms with E-state index >= 15 is 0 Å². The summed E-state index contributed by atoms with van der Waals surface area (Å²) in [5, 5.41) is 2.98. The molecule has 0 radical (unpaired) electrons. The van der Waals surface area contributed by atoms with Crippen LogP contribution in [0.2, 0.25) is 0 Å². The lowest BCUT2D eigenvalue weighted by Gasteiger charge is -2.22. The molecule has 2 aromatic carbocycles. The maximum absolute atomic E-state index is 12.6. The van der Waals surface area contributed by atoms with E-state index in [-0.39, 0.29) is 18.4 Å². The highest BCUT2D eigenvalue weighted by Crippen LogP contribution is 2.22. The van der Waals surface area contributed by atoms with Crippen LogP contribution in [0.15, 0.2) is 36.4 Å². The number of benzene rings is 2. The highest BCUT2D eigenvalue weighted by molar-refractivity contribution is 6.02. The quantitative estimate of drug-likeness (QED) is 0.889. The van der Waals surface area contributed by atoms with Gasteiger partial charge < -0.3 is 10.2 Å². The van der Waals surface area contributed by atoms with Crippen molar-refractivity contribution in [1.29, 1.82) is 0 Å². The summed E-state index contributed by atoms with van der Waals surface area (Å²) >= 11 is 0. The van der Waals surface area contributed by atoms with Gasteiger partial charge in [-0.25, -0.2) is 0 Å². The number of para-hydroxylation sites is 1. The van der Waals surface area contributed by atoms with Gasteiger partial charge in [-0.05, 0) is 61.6 Å². The van der Waals surface area contributed by atoms with Gasteiger partial charge in [0.25, 0.3) is 0 Å². The van der Waals surface area contributed by atoms with Gasteiger partial charge in [0.05, 0.1) is 0 Å². The number of nitrogens with one attached hydrogen (secondary N) is 1. The Labute approximate surface area is 149 Å². The van der Waals surface area contributed by atoms with Crippen LogP contribution in [0.5, 0.6) is 0 Å². The molecule has 0 atom stereocenters. The van der Waals surface area contributed by atoms with Crippen LogP contribution < -0.4 is 10.2 Å². The number of amides is 2. The Morgan fingerprint density at radius 2 is 1.68 bits per heavy atom. The fraction of sp³-hybridized carbons (Fsp3) is 0.333. The zero-order valence-electron chi connectivity index (χ0n) is 15.6. The first-order valence-electron chi connectivity index (χ1n) is 8.56. The molecule has 0 aromatic heterocycles. The van der Waals surface area contributed by atoms with Gasteiger partial charge in [0.1, 0.15) is 6.54 Å². The molecule has 0 saturated carbocycles. The summed E-state index contributed by atoms with van der Waals surface area (Å²) in [4.78, 5) is 26.2. The Bertz CT molecular complexity index is 776. The SMILES string of the molecule is CCc1cccc(C)c1NC(=O)CN(C(C)=O)c1cc(C)cc(C)c1. The van der Waals surface area contributed by atoms with E-state index < -0.39 is 0 Å². The molecule has 2 amide bonds. The van der Waals surface area contributed by atoms with Crippen LogP contribution in [0.25, 0.3) is 0 Å². The molecule has 2 aromatic rings. The number of anilines is 2. The van der Waals surface area contributed by atoms with Gasteiger partial charge in [-0.2, -0.15) is 0 Å². The second-order valence-corrected chi connectivity index (χ2v) is 6.46. The largest absolute Gasteiger partial charge is 0.324 e. The van der Waals surface area contributed by atoms with Gasteiger partial charge in [-0.3, -0.25) is 9.59 Å². The lowest BCUT2D eigenvalue weighted by atomic mass is 10.1. The highest BCUT2D eigenvalue weighted by atomic mass is 16.2. The van der Waals surface area contributed by atoms with E-state index in [0.717, 1.165) is 40.0 Å². The van der Waals surface area contributed by atoms with E-state index in [1.807, 2.05) is 57.2 Å². The Morgan fingerprint density at radius 1 is 1.04 bits per heavy atom. The van der Waals surface area contributed by atoms with Crippen LogP contribution in [0.1, 0.15) is 36.1 Å². The average molecular weight is 338 g/mol. The van der Waals surface area contributed by atoms with E-state index in [0.29, 0.717) is 0 Å². The van der Waals surface area contributed by atoms with Crippen LogP contribution in [-0.4, -0.2) is 18.4 Å². The summed E-state index contributed by atoms with van der Waals surface area (Å²) in [6, 6.07) is 11.9. The molecular formula is C21H26N2O2. The van der Waals surface area contributed by atoms with Crippen molar-refractivity contribution in [3.63, 3.8) is 0 Å². The number of hydrogen-bond donors (Lipinski definition) is 1. The molecule has 0 saturated heterocycles. The molecule has 4 nitrogen and oxygen atoms in total. The first kappa shape index (κ1) is 18.7. The molecule has 0 bridgehead atoms. The van der Waals surface area contributed by atoms with Gasteiger partial charge in [0, 0.05) is 18.3 Å². The van der Waals surface area contributed by atoms with E-state index in [1.165, 1.54) is 11.8 Å². The minimum Gasteiger partial charge on any atom is -0.324 e. The normalized spacial score (nSPS) is 10.4. The van der Waals surface area contributed by atoms with E-state index in [9.17, 15) is 9.59 Å². The first-order valence-corrected chi connectivity index (χ1v) is 8.56. The summed E-state index contributed by atoms with van der Waals surface area (Å²) < 4.78 is 0. The topological polar surface area (TPSA) is 49.4 Å². The molecule has 0 unspecified atom stereocenters. The maximum Gasteiger partial charge on any atom is 0.244 e. The highest BCUT2D eigenvalue weighted by Gasteiger charge is 2.17. The van der Waals surface area contributed by atoms with Crippen molar-refractivity contribution >= 4 is 23.2 Å². The fourth-order valence-electron chi connectivity index (χ4n) is 3.02. The van der Waals surface area contributed by atoms with Crippen LogP contribution in [0, 0.1) is 20.8 Å². The number of carbonyl (C=O) groups is 2. The van der Waals surface area contributed by atoms with E-state index in [2.05, 4.69) is 12.2 Å². The van der Waals surface area contributed by atoms with Crippen LogP contribution >= 0.6 is 0 Å². The molecule has 2 rings (SSSR count). The lowest BCUT2D eigenvalue weighted by Crippen LogP contribution is -2.37.